The van der Waals surface area contributed by atoms with Gasteiger partial charge in [0.15, 0.2) is 0 Å². The van der Waals surface area contributed by atoms with Crippen molar-refractivity contribution in [2.24, 2.45) is 17.3 Å². The number of nitrogens with zero attached hydrogens (tertiary/aromatic N) is 1. The molecule has 0 aliphatic heterocycles. The maximum Gasteiger partial charge on any atom is 0.225 e. The molecule has 2 saturated carbocycles. The van der Waals surface area contributed by atoms with E-state index in [0.717, 1.165) is 30.6 Å². The highest BCUT2D eigenvalue weighted by molar-refractivity contribution is 9.09. The lowest BCUT2D eigenvalue weighted by molar-refractivity contribution is -0.141. The summed E-state index contributed by atoms with van der Waals surface area (Å²) >= 11 is 3.51. The minimum absolute atomic E-state index is 0.299. The van der Waals surface area contributed by atoms with Crippen LogP contribution in [0.1, 0.15) is 65.7 Å². The van der Waals surface area contributed by atoms with Crippen molar-refractivity contribution in [3.05, 3.63) is 0 Å². The van der Waals surface area contributed by atoms with Crippen LogP contribution in [-0.2, 0) is 4.79 Å². The summed E-state index contributed by atoms with van der Waals surface area (Å²) in [5.41, 5.74) is 0.400. The first-order valence-corrected chi connectivity index (χ1v) is 9.42. The molecule has 2 aliphatic carbocycles. The summed E-state index contributed by atoms with van der Waals surface area (Å²) < 4.78 is 0. The maximum absolute atomic E-state index is 12.8. The average molecular weight is 344 g/mol. The predicted molar refractivity (Wildman–Crippen MR) is 88.0 cm³/mol. The third-order valence-corrected chi connectivity index (χ3v) is 5.78. The monoisotopic (exact) mass is 343 g/mol. The zero-order chi connectivity index (χ0) is 14.8. The largest absolute Gasteiger partial charge is 0.339 e. The molecule has 3 heteroatoms. The van der Waals surface area contributed by atoms with Crippen LogP contribution >= 0.6 is 15.9 Å². The molecule has 0 unspecified atom stereocenters. The highest BCUT2D eigenvalue weighted by Gasteiger charge is 2.36. The maximum atomic E-state index is 12.8. The van der Waals surface area contributed by atoms with Gasteiger partial charge in [0.1, 0.15) is 0 Å². The minimum atomic E-state index is 0.299. The van der Waals surface area contributed by atoms with Gasteiger partial charge in [-0.1, -0.05) is 36.7 Å². The predicted octanol–water partition coefficient (Wildman–Crippen LogP) is 4.61. The summed E-state index contributed by atoms with van der Waals surface area (Å²) in [5, 5.41) is 0.909. The zero-order valence-corrected chi connectivity index (χ0v) is 14.9. The molecule has 0 spiro atoms. The summed E-state index contributed by atoms with van der Waals surface area (Å²) in [6.45, 7) is 7.91. The zero-order valence-electron chi connectivity index (χ0n) is 13.3. The molecule has 0 bridgehead atoms. The Kier molecular flexibility index (Phi) is 5.56. The minimum Gasteiger partial charge on any atom is -0.339 e. The van der Waals surface area contributed by atoms with Crippen LogP contribution in [0.15, 0.2) is 0 Å². The number of rotatable bonds is 4. The van der Waals surface area contributed by atoms with Crippen LogP contribution in [-0.4, -0.2) is 28.7 Å². The average Bonchev–Trinajstić information content (AvgIpc) is 2.34. The first-order chi connectivity index (χ1) is 9.43. The van der Waals surface area contributed by atoms with E-state index in [1.165, 1.54) is 32.1 Å². The van der Waals surface area contributed by atoms with Gasteiger partial charge < -0.3 is 4.90 Å². The number of halogens is 1. The summed E-state index contributed by atoms with van der Waals surface area (Å²) in [6.07, 6.45) is 8.40. The van der Waals surface area contributed by atoms with Crippen LogP contribution in [0.2, 0.25) is 0 Å². The molecule has 2 nitrogen and oxygen atoms in total. The Hall–Kier alpha value is -0.0500. The van der Waals surface area contributed by atoms with Gasteiger partial charge in [0.25, 0.3) is 0 Å². The number of hydrogen-bond donors (Lipinski definition) is 0. The quantitative estimate of drug-likeness (QED) is 0.682. The first kappa shape index (κ1) is 16.3. The highest BCUT2D eigenvalue weighted by Crippen LogP contribution is 2.40. The van der Waals surface area contributed by atoms with Gasteiger partial charge in [0.05, 0.1) is 0 Å². The van der Waals surface area contributed by atoms with Gasteiger partial charge in [0.2, 0.25) is 5.91 Å². The molecule has 0 heterocycles. The van der Waals surface area contributed by atoms with E-state index in [0.29, 0.717) is 23.3 Å². The fourth-order valence-electron chi connectivity index (χ4n) is 3.70. The van der Waals surface area contributed by atoms with Crippen molar-refractivity contribution in [1.82, 2.24) is 4.90 Å². The molecule has 116 valence electrons. The number of carbonyl (C=O) groups excluding carboxylic acids is 1. The molecule has 0 aromatic heterocycles. The topological polar surface area (TPSA) is 20.3 Å². The summed E-state index contributed by atoms with van der Waals surface area (Å²) in [7, 11) is 0. The molecule has 0 saturated heterocycles. The summed E-state index contributed by atoms with van der Waals surface area (Å²) in [4.78, 5) is 15.0. The number of alkyl halides is 1. The van der Waals surface area contributed by atoms with Crippen LogP contribution in [0.5, 0.6) is 0 Å². The third-order valence-electron chi connectivity index (χ3n) is 5.43. The SMILES string of the molecule is CC(C)(C)C1CCC(C(=O)N(CCBr)C2CCC2)CC1. The van der Waals surface area contributed by atoms with Crippen molar-refractivity contribution in [3.63, 3.8) is 0 Å². The van der Waals surface area contributed by atoms with E-state index in [1.54, 1.807) is 0 Å². The number of amides is 1. The van der Waals surface area contributed by atoms with Gasteiger partial charge >= 0.3 is 0 Å². The van der Waals surface area contributed by atoms with E-state index in [9.17, 15) is 4.79 Å². The molecule has 0 radical (unpaired) electrons. The van der Waals surface area contributed by atoms with Crippen LogP contribution in [0.25, 0.3) is 0 Å². The molecule has 2 fully saturated rings. The van der Waals surface area contributed by atoms with Gasteiger partial charge in [-0.05, 0) is 56.3 Å². The lowest BCUT2D eigenvalue weighted by Crippen LogP contribution is -2.48. The molecular formula is C17H30BrNO. The normalized spacial score (nSPS) is 28.0. The fourth-order valence-corrected chi connectivity index (χ4v) is 4.09. The Morgan fingerprint density at radius 1 is 1.10 bits per heavy atom. The van der Waals surface area contributed by atoms with Crippen molar-refractivity contribution in [1.29, 1.82) is 0 Å². The van der Waals surface area contributed by atoms with Gasteiger partial charge in [-0.2, -0.15) is 0 Å². The van der Waals surface area contributed by atoms with Crippen LogP contribution in [0.3, 0.4) is 0 Å². The van der Waals surface area contributed by atoms with E-state index >= 15 is 0 Å². The second-order valence-corrected chi connectivity index (χ2v) is 8.51. The summed E-state index contributed by atoms with van der Waals surface area (Å²) in [5.74, 6) is 1.54. The molecule has 2 aliphatic rings. The van der Waals surface area contributed by atoms with Crippen molar-refractivity contribution >= 4 is 21.8 Å². The molecular weight excluding hydrogens is 314 g/mol. The van der Waals surface area contributed by atoms with E-state index in [-0.39, 0.29) is 0 Å². The van der Waals surface area contributed by atoms with Gasteiger partial charge in [0, 0.05) is 23.8 Å². The van der Waals surface area contributed by atoms with Crippen LogP contribution < -0.4 is 0 Å². The molecule has 0 aromatic rings. The van der Waals surface area contributed by atoms with E-state index < -0.39 is 0 Å². The van der Waals surface area contributed by atoms with Gasteiger partial charge in [-0.3, -0.25) is 4.79 Å². The van der Waals surface area contributed by atoms with E-state index in [4.69, 9.17) is 0 Å². The standard InChI is InChI=1S/C17H30BrNO/c1-17(2,3)14-9-7-13(8-10-14)16(20)19(12-11-18)15-5-4-6-15/h13-15H,4-12H2,1-3H3. The smallest absolute Gasteiger partial charge is 0.225 e. The lowest BCUT2D eigenvalue weighted by atomic mass is 9.69. The molecule has 2 rings (SSSR count). The van der Waals surface area contributed by atoms with Crippen molar-refractivity contribution in [2.45, 2.75) is 71.8 Å². The Labute approximate surface area is 132 Å². The van der Waals surface area contributed by atoms with Crippen LogP contribution in [0.4, 0.5) is 0 Å². The van der Waals surface area contributed by atoms with Crippen LogP contribution in [0, 0.1) is 17.3 Å². The molecule has 1 amide bonds. The molecule has 0 aromatic carbocycles. The van der Waals surface area contributed by atoms with Gasteiger partial charge in [-0.15, -0.1) is 0 Å². The fraction of sp³-hybridized carbons (Fsp3) is 0.941. The van der Waals surface area contributed by atoms with Crippen molar-refractivity contribution < 1.29 is 4.79 Å². The second kappa shape index (κ2) is 6.81. The van der Waals surface area contributed by atoms with Crippen molar-refractivity contribution in [3.8, 4) is 0 Å². The van der Waals surface area contributed by atoms with Crippen molar-refractivity contribution in [2.75, 3.05) is 11.9 Å². The lowest BCUT2D eigenvalue weighted by Gasteiger charge is -2.42. The van der Waals surface area contributed by atoms with E-state index in [2.05, 4.69) is 41.6 Å². The highest BCUT2D eigenvalue weighted by atomic mass is 79.9. The van der Waals surface area contributed by atoms with E-state index in [1.807, 2.05) is 0 Å². The Bertz CT molecular complexity index is 324. The molecule has 0 N–H and O–H groups in total. The third kappa shape index (κ3) is 3.78. The Balaban J connectivity index is 1.89. The number of hydrogen-bond acceptors (Lipinski definition) is 1. The second-order valence-electron chi connectivity index (χ2n) is 7.72. The summed E-state index contributed by atoms with van der Waals surface area (Å²) in [6, 6.07) is 0.542. The number of carbonyl (C=O) groups is 1. The Morgan fingerprint density at radius 3 is 2.10 bits per heavy atom. The first-order valence-electron chi connectivity index (χ1n) is 8.30. The van der Waals surface area contributed by atoms with Gasteiger partial charge in [-0.25, -0.2) is 0 Å². The molecule has 20 heavy (non-hydrogen) atoms. The molecule has 0 atom stereocenters. The Morgan fingerprint density at radius 2 is 1.70 bits per heavy atom.